The van der Waals surface area contributed by atoms with Gasteiger partial charge < -0.3 is 14.3 Å². The third-order valence-corrected chi connectivity index (χ3v) is 2.95. The minimum absolute atomic E-state index is 0.175. The molecule has 1 aliphatic heterocycles. The van der Waals surface area contributed by atoms with Crippen molar-refractivity contribution < 1.29 is 14.3 Å². The SMILES string of the molecule is CO[C@]1(CC=O)CC[C@H](C)[C@@H](C)O1. The maximum Gasteiger partial charge on any atom is 0.174 e. The van der Waals surface area contributed by atoms with Crippen molar-refractivity contribution in [3.63, 3.8) is 0 Å². The van der Waals surface area contributed by atoms with Crippen LogP contribution in [0.1, 0.15) is 33.1 Å². The summed E-state index contributed by atoms with van der Waals surface area (Å²) in [4.78, 5) is 10.5. The van der Waals surface area contributed by atoms with Crippen LogP contribution in [0.25, 0.3) is 0 Å². The van der Waals surface area contributed by atoms with E-state index >= 15 is 0 Å². The standard InChI is InChI=1S/C10H18O3/c1-8-4-5-10(12-3,6-7-11)13-9(8)2/h7-9H,4-6H2,1-3H3/t8-,9+,10+/m0/s1. The quantitative estimate of drug-likeness (QED) is 0.630. The zero-order valence-corrected chi connectivity index (χ0v) is 8.58. The van der Waals surface area contributed by atoms with Gasteiger partial charge in [0.15, 0.2) is 5.79 Å². The molecule has 3 nitrogen and oxygen atoms in total. The van der Waals surface area contributed by atoms with Crippen LogP contribution in [0.4, 0.5) is 0 Å². The van der Waals surface area contributed by atoms with Gasteiger partial charge in [-0.15, -0.1) is 0 Å². The van der Waals surface area contributed by atoms with E-state index in [-0.39, 0.29) is 6.10 Å². The van der Waals surface area contributed by atoms with Crippen LogP contribution in [0.2, 0.25) is 0 Å². The summed E-state index contributed by atoms with van der Waals surface area (Å²) in [6, 6.07) is 0. The second kappa shape index (κ2) is 4.20. The molecule has 0 unspecified atom stereocenters. The Morgan fingerprint density at radius 2 is 2.31 bits per heavy atom. The van der Waals surface area contributed by atoms with Crippen LogP contribution in [0.3, 0.4) is 0 Å². The molecule has 3 atom stereocenters. The van der Waals surface area contributed by atoms with Gasteiger partial charge in [-0.1, -0.05) is 6.92 Å². The van der Waals surface area contributed by atoms with Gasteiger partial charge in [-0.05, 0) is 19.3 Å². The normalized spacial score (nSPS) is 40.2. The number of carbonyl (C=O) groups is 1. The van der Waals surface area contributed by atoms with Gasteiger partial charge in [0.05, 0.1) is 12.5 Å². The lowest BCUT2D eigenvalue weighted by Gasteiger charge is -2.41. The number of methoxy groups -OCH3 is 1. The molecule has 0 aromatic rings. The van der Waals surface area contributed by atoms with E-state index in [1.54, 1.807) is 7.11 Å². The molecule has 3 heteroatoms. The van der Waals surface area contributed by atoms with Gasteiger partial charge in [-0.2, -0.15) is 0 Å². The molecule has 1 fully saturated rings. The van der Waals surface area contributed by atoms with Crippen LogP contribution in [-0.2, 0) is 14.3 Å². The van der Waals surface area contributed by atoms with E-state index in [2.05, 4.69) is 6.92 Å². The molecule has 0 spiro atoms. The van der Waals surface area contributed by atoms with Crippen LogP contribution in [0.5, 0.6) is 0 Å². The minimum Gasteiger partial charge on any atom is -0.353 e. The van der Waals surface area contributed by atoms with Crippen molar-refractivity contribution in [3.05, 3.63) is 0 Å². The van der Waals surface area contributed by atoms with Crippen molar-refractivity contribution in [2.75, 3.05) is 7.11 Å². The highest BCUT2D eigenvalue weighted by atomic mass is 16.7. The summed E-state index contributed by atoms with van der Waals surface area (Å²) in [6.45, 7) is 4.19. The Bertz CT molecular complexity index is 181. The molecule has 0 N–H and O–H groups in total. The maximum atomic E-state index is 10.5. The fraction of sp³-hybridized carbons (Fsp3) is 0.900. The Morgan fingerprint density at radius 3 is 2.77 bits per heavy atom. The Hall–Kier alpha value is -0.410. The lowest BCUT2D eigenvalue weighted by atomic mass is 9.91. The number of ether oxygens (including phenoxy) is 2. The molecular formula is C10H18O3. The van der Waals surface area contributed by atoms with Crippen LogP contribution < -0.4 is 0 Å². The summed E-state index contributed by atoms with van der Waals surface area (Å²) in [5, 5.41) is 0. The van der Waals surface area contributed by atoms with Gasteiger partial charge in [0.1, 0.15) is 6.29 Å². The summed E-state index contributed by atoms with van der Waals surface area (Å²) in [7, 11) is 1.60. The summed E-state index contributed by atoms with van der Waals surface area (Å²) in [5.74, 6) is -0.0943. The van der Waals surface area contributed by atoms with Crippen LogP contribution in [0.15, 0.2) is 0 Å². The van der Waals surface area contributed by atoms with Crippen molar-refractivity contribution >= 4 is 6.29 Å². The van der Waals surface area contributed by atoms with Gasteiger partial charge in [0, 0.05) is 13.5 Å². The maximum absolute atomic E-state index is 10.5. The van der Waals surface area contributed by atoms with Gasteiger partial charge in [0.2, 0.25) is 0 Å². The highest BCUT2D eigenvalue weighted by molar-refractivity contribution is 5.50. The van der Waals surface area contributed by atoms with E-state index in [9.17, 15) is 4.79 Å². The first-order valence-corrected chi connectivity index (χ1v) is 4.80. The topological polar surface area (TPSA) is 35.5 Å². The van der Waals surface area contributed by atoms with Crippen LogP contribution >= 0.6 is 0 Å². The second-order valence-corrected chi connectivity index (χ2v) is 3.82. The first-order valence-electron chi connectivity index (χ1n) is 4.80. The fourth-order valence-electron chi connectivity index (χ4n) is 1.71. The summed E-state index contributed by atoms with van der Waals surface area (Å²) in [5.41, 5.74) is 0. The van der Waals surface area contributed by atoms with E-state index in [1.807, 2.05) is 6.92 Å². The Labute approximate surface area is 79.4 Å². The van der Waals surface area contributed by atoms with E-state index < -0.39 is 5.79 Å². The van der Waals surface area contributed by atoms with Crippen molar-refractivity contribution in [2.24, 2.45) is 5.92 Å². The van der Waals surface area contributed by atoms with Gasteiger partial charge in [-0.25, -0.2) is 0 Å². The van der Waals surface area contributed by atoms with E-state index in [0.29, 0.717) is 12.3 Å². The van der Waals surface area contributed by atoms with E-state index in [0.717, 1.165) is 19.1 Å². The smallest absolute Gasteiger partial charge is 0.174 e. The zero-order chi connectivity index (χ0) is 9.90. The van der Waals surface area contributed by atoms with Crippen LogP contribution in [0, 0.1) is 5.92 Å². The minimum atomic E-state index is -0.645. The summed E-state index contributed by atoms with van der Waals surface area (Å²) >= 11 is 0. The molecule has 76 valence electrons. The van der Waals surface area contributed by atoms with Crippen molar-refractivity contribution in [1.82, 2.24) is 0 Å². The van der Waals surface area contributed by atoms with Gasteiger partial charge in [0.25, 0.3) is 0 Å². The molecule has 0 amide bonds. The molecule has 0 bridgehead atoms. The molecular weight excluding hydrogens is 168 g/mol. The first kappa shape index (κ1) is 10.7. The Morgan fingerprint density at radius 1 is 1.62 bits per heavy atom. The number of carbonyl (C=O) groups excluding carboxylic acids is 1. The highest BCUT2D eigenvalue weighted by Gasteiger charge is 2.38. The number of hydrogen-bond donors (Lipinski definition) is 0. The molecule has 0 aromatic heterocycles. The number of aldehydes is 1. The molecule has 0 radical (unpaired) electrons. The van der Waals surface area contributed by atoms with Gasteiger partial charge >= 0.3 is 0 Å². The van der Waals surface area contributed by atoms with Crippen molar-refractivity contribution in [1.29, 1.82) is 0 Å². The van der Waals surface area contributed by atoms with E-state index in [4.69, 9.17) is 9.47 Å². The van der Waals surface area contributed by atoms with Crippen molar-refractivity contribution in [2.45, 2.75) is 45.0 Å². The predicted octanol–water partition coefficient (Wildman–Crippen LogP) is 1.75. The lowest BCUT2D eigenvalue weighted by Crippen LogP contribution is -2.44. The molecule has 0 saturated carbocycles. The third-order valence-electron chi connectivity index (χ3n) is 2.95. The third kappa shape index (κ3) is 2.29. The Balaban J connectivity index is 2.62. The molecule has 0 aromatic carbocycles. The molecule has 1 saturated heterocycles. The average molecular weight is 186 g/mol. The largest absolute Gasteiger partial charge is 0.353 e. The number of rotatable bonds is 3. The lowest BCUT2D eigenvalue weighted by molar-refractivity contribution is -0.274. The molecule has 0 aliphatic carbocycles. The predicted molar refractivity (Wildman–Crippen MR) is 49.4 cm³/mol. The summed E-state index contributed by atoms with van der Waals surface area (Å²) in [6.07, 6.45) is 3.25. The summed E-state index contributed by atoms with van der Waals surface area (Å²) < 4.78 is 11.0. The number of hydrogen-bond acceptors (Lipinski definition) is 3. The molecule has 1 rings (SSSR count). The Kier molecular flexibility index (Phi) is 3.45. The fourth-order valence-corrected chi connectivity index (χ4v) is 1.71. The zero-order valence-electron chi connectivity index (χ0n) is 8.58. The molecule has 1 aliphatic rings. The van der Waals surface area contributed by atoms with Crippen molar-refractivity contribution in [3.8, 4) is 0 Å². The second-order valence-electron chi connectivity index (χ2n) is 3.82. The monoisotopic (exact) mass is 186 g/mol. The molecule has 13 heavy (non-hydrogen) atoms. The molecule has 1 heterocycles. The van der Waals surface area contributed by atoms with Gasteiger partial charge in [-0.3, -0.25) is 0 Å². The average Bonchev–Trinajstić information content (AvgIpc) is 2.12. The highest BCUT2D eigenvalue weighted by Crippen LogP contribution is 2.34. The van der Waals surface area contributed by atoms with E-state index in [1.165, 1.54) is 0 Å². The first-order chi connectivity index (χ1) is 6.13. The van der Waals surface area contributed by atoms with Crippen LogP contribution in [-0.4, -0.2) is 25.3 Å².